The Kier molecular flexibility index (Phi) is 3.08. The molecule has 0 aliphatic heterocycles. The number of carboxylic acid groups (broad SMARTS) is 1. The van der Waals surface area contributed by atoms with Crippen molar-refractivity contribution in [2.75, 3.05) is 6.54 Å². The maximum atomic E-state index is 11.8. The molecule has 2 rings (SSSR count). The fraction of sp³-hybridized carbons (Fsp3) is 0.600. The van der Waals surface area contributed by atoms with Gasteiger partial charge in [-0.3, -0.25) is 9.59 Å². The Bertz CT molecular complexity index is 411. The zero-order chi connectivity index (χ0) is 12.3. The van der Waals surface area contributed by atoms with E-state index in [4.69, 9.17) is 9.63 Å². The van der Waals surface area contributed by atoms with Crippen molar-refractivity contribution >= 4 is 11.9 Å². The highest BCUT2D eigenvalue weighted by Crippen LogP contribution is 2.41. The van der Waals surface area contributed by atoms with Gasteiger partial charge in [0.2, 0.25) is 11.8 Å². The van der Waals surface area contributed by atoms with Crippen molar-refractivity contribution in [3.63, 3.8) is 0 Å². The minimum atomic E-state index is -1.21. The fourth-order valence-corrected chi connectivity index (χ4v) is 1.83. The van der Waals surface area contributed by atoms with E-state index in [0.29, 0.717) is 31.7 Å². The lowest BCUT2D eigenvalue weighted by Crippen LogP contribution is -2.51. The highest BCUT2D eigenvalue weighted by Gasteiger charge is 2.50. The maximum Gasteiger partial charge on any atom is 0.319 e. The number of hydrogen-bond donors (Lipinski definition) is 2. The first-order valence-corrected chi connectivity index (χ1v) is 5.42. The van der Waals surface area contributed by atoms with Crippen molar-refractivity contribution in [1.82, 2.24) is 15.5 Å². The molecule has 0 saturated heterocycles. The van der Waals surface area contributed by atoms with Crippen LogP contribution < -0.4 is 5.32 Å². The van der Waals surface area contributed by atoms with Gasteiger partial charge in [-0.25, -0.2) is 0 Å². The molecule has 7 heteroatoms. The van der Waals surface area contributed by atoms with Gasteiger partial charge in [-0.2, -0.15) is 4.98 Å². The van der Waals surface area contributed by atoms with E-state index in [1.165, 1.54) is 6.33 Å². The summed E-state index contributed by atoms with van der Waals surface area (Å²) in [5.74, 6) is -1.04. The number of rotatable bonds is 5. The molecular formula is C10H13N3O4. The first kappa shape index (κ1) is 11.6. The summed E-state index contributed by atoms with van der Waals surface area (Å²) in [7, 11) is 0. The first-order valence-electron chi connectivity index (χ1n) is 5.42. The molecule has 0 aromatic carbocycles. The summed E-state index contributed by atoms with van der Waals surface area (Å²) in [5.41, 5.74) is -1.21. The van der Waals surface area contributed by atoms with Crippen molar-refractivity contribution in [2.45, 2.75) is 25.7 Å². The number of carboxylic acids is 1. The summed E-state index contributed by atoms with van der Waals surface area (Å²) in [4.78, 5) is 26.6. The average molecular weight is 239 g/mol. The van der Waals surface area contributed by atoms with Gasteiger partial charge >= 0.3 is 5.97 Å². The number of amides is 1. The topological polar surface area (TPSA) is 105 Å². The first-order chi connectivity index (χ1) is 8.15. The molecule has 92 valence electrons. The molecule has 1 fully saturated rings. The summed E-state index contributed by atoms with van der Waals surface area (Å²) < 4.78 is 4.76. The maximum absolute atomic E-state index is 11.8. The normalized spacial score (nSPS) is 17.2. The molecule has 0 spiro atoms. The second kappa shape index (κ2) is 4.52. The molecule has 0 radical (unpaired) electrons. The van der Waals surface area contributed by atoms with Crippen LogP contribution in [-0.2, 0) is 16.0 Å². The minimum Gasteiger partial charge on any atom is -0.480 e. The van der Waals surface area contributed by atoms with Crippen LogP contribution in [0.25, 0.3) is 0 Å². The molecular weight excluding hydrogens is 226 g/mol. The number of carbonyl (C=O) groups excluding carboxylic acids is 1. The predicted molar refractivity (Wildman–Crippen MR) is 54.9 cm³/mol. The van der Waals surface area contributed by atoms with Gasteiger partial charge < -0.3 is 14.9 Å². The van der Waals surface area contributed by atoms with E-state index >= 15 is 0 Å². The van der Waals surface area contributed by atoms with Crippen molar-refractivity contribution < 1.29 is 19.2 Å². The van der Waals surface area contributed by atoms with Crippen molar-refractivity contribution in [3.8, 4) is 0 Å². The fourth-order valence-electron chi connectivity index (χ4n) is 1.83. The third-order valence-electron chi connectivity index (χ3n) is 3.08. The third kappa shape index (κ3) is 2.13. The highest BCUT2D eigenvalue weighted by atomic mass is 16.5. The lowest BCUT2D eigenvalue weighted by atomic mass is 9.68. The standard InChI is InChI=1S/C10H13N3O4/c14-8(10(9(15)16)3-1-4-10)11-5-2-7-12-6-13-17-7/h6H,1-5H2,(H,11,14)(H,15,16). The summed E-state index contributed by atoms with van der Waals surface area (Å²) in [6.07, 6.45) is 3.29. The summed E-state index contributed by atoms with van der Waals surface area (Å²) in [6, 6.07) is 0. The van der Waals surface area contributed by atoms with E-state index in [9.17, 15) is 9.59 Å². The molecule has 0 unspecified atom stereocenters. The van der Waals surface area contributed by atoms with Gasteiger partial charge in [-0.1, -0.05) is 11.6 Å². The van der Waals surface area contributed by atoms with Crippen molar-refractivity contribution in [2.24, 2.45) is 5.41 Å². The Morgan fingerprint density at radius 2 is 2.29 bits per heavy atom. The van der Waals surface area contributed by atoms with Crippen LogP contribution in [0.4, 0.5) is 0 Å². The monoisotopic (exact) mass is 239 g/mol. The molecule has 1 aliphatic carbocycles. The average Bonchev–Trinajstić information content (AvgIpc) is 2.67. The van der Waals surface area contributed by atoms with Crippen LogP contribution >= 0.6 is 0 Å². The number of carbonyl (C=O) groups is 2. The van der Waals surface area contributed by atoms with Crippen LogP contribution in [-0.4, -0.2) is 33.7 Å². The van der Waals surface area contributed by atoms with Crippen molar-refractivity contribution in [1.29, 1.82) is 0 Å². The van der Waals surface area contributed by atoms with E-state index in [-0.39, 0.29) is 0 Å². The molecule has 17 heavy (non-hydrogen) atoms. The van der Waals surface area contributed by atoms with Gasteiger partial charge in [-0.05, 0) is 12.8 Å². The van der Waals surface area contributed by atoms with Gasteiger partial charge in [-0.15, -0.1) is 0 Å². The molecule has 2 N–H and O–H groups in total. The highest BCUT2D eigenvalue weighted by molar-refractivity contribution is 6.02. The number of aliphatic carboxylic acids is 1. The van der Waals surface area contributed by atoms with Crippen LogP contribution in [0.15, 0.2) is 10.9 Å². The molecule has 1 amide bonds. The Labute approximate surface area is 97.2 Å². The second-order valence-corrected chi connectivity index (χ2v) is 4.08. The number of nitrogens with zero attached hydrogens (tertiary/aromatic N) is 2. The van der Waals surface area contributed by atoms with E-state index in [2.05, 4.69) is 15.5 Å². The molecule has 7 nitrogen and oxygen atoms in total. The van der Waals surface area contributed by atoms with Gasteiger partial charge in [0.1, 0.15) is 5.41 Å². The van der Waals surface area contributed by atoms with E-state index in [1.54, 1.807) is 0 Å². The van der Waals surface area contributed by atoms with Crippen LogP contribution in [0.1, 0.15) is 25.2 Å². The van der Waals surface area contributed by atoms with Crippen LogP contribution in [0.3, 0.4) is 0 Å². The number of nitrogens with one attached hydrogen (secondary N) is 1. The lowest BCUT2D eigenvalue weighted by Gasteiger charge is -2.35. The van der Waals surface area contributed by atoms with Gasteiger partial charge in [0.15, 0.2) is 6.33 Å². The molecule has 0 atom stereocenters. The van der Waals surface area contributed by atoms with Gasteiger partial charge in [0, 0.05) is 13.0 Å². The molecule has 1 aromatic rings. The SMILES string of the molecule is O=C(O)C1(C(=O)NCCc2ncno2)CCC1. The second-order valence-electron chi connectivity index (χ2n) is 4.08. The largest absolute Gasteiger partial charge is 0.480 e. The smallest absolute Gasteiger partial charge is 0.319 e. The van der Waals surface area contributed by atoms with E-state index in [1.807, 2.05) is 0 Å². The van der Waals surface area contributed by atoms with Crippen LogP contribution in [0.5, 0.6) is 0 Å². The summed E-state index contributed by atoms with van der Waals surface area (Å²) in [5, 5.41) is 15.1. The Morgan fingerprint density at radius 1 is 1.53 bits per heavy atom. The van der Waals surface area contributed by atoms with E-state index in [0.717, 1.165) is 6.42 Å². The molecule has 1 aliphatic rings. The minimum absolute atomic E-state index is 0.302. The van der Waals surface area contributed by atoms with Crippen LogP contribution in [0, 0.1) is 5.41 Å². The third-order valence-corrected chi connectivity index (χ3v) is 3.08. The number of hydrogen-bond acceptors (Lipinski definition) is 5. The van der Waals surface area contributed by atoms with Gasteiger partial charge in [0.25, 0.3) is 0 Å². The Hall–Kier alpha value is -1.92. The van der Waals surface area contributed by atoms with E-state index < -0.39 is 17.3 Å². The summed E-state index contributed by atoms with van der Waals surface area (Å²) >= 11 is 0. The zero-order valence-corrected chi connectivity index (χ0v) is 9.18. The van der Waals surface area contributed by atoms with Crippen LogP contribution in [0.2, 0.25) is 0 Å². The Balaban J connectivity index is 1.83. The number of aromatic nitrogens is 2. The van der Waals surface area contributed by atoms with Crippen molar-refractivity contribution in [3.05, 3.63) is 12.2 Å². The molecule has 1 aromatic heterocycles. The molecule has 1 saturated carbocycles. The molecule has 1 heterocycles. The predicted octanol–water partition coefficient (Wildman–Crippen LogP) is -0.0168. The van der Waals surface area contributed by atoms with Gasteiger partial charge in [0.05, 0.1) is 0 Å². The zero-order valence-electron chi connectivity index (χ0n) is 9.18. The lowest BCUT2D eigenvalue weighted by molar-refractivity contribution is -0.162. The summed E-state index contributed by atoms with van der Waals surface area (Å²) in [6.45, 7) is 0.302. The molecule has 0 bridgehead atoms. The Morgan fingerprint density at radius 3 is 2.76 bits per heavy atom. The quantitative estimate of drug-likeness (QED) is 0.700.